The van der Waals surface area contributed by atoms with Crippen LogP contribution in [-0.2, 0) is 11.2 Å². The van der Waals surface area contributed by atoms with E-state index in [0.717, 1.165) is 30.9 Å². The number of amides is 1. The van der Waals surface area contributed by atoms with E-state index in [0.29, 0.717) is 18.4 Å². The van der Waals surface area contributed by atoms with Crippen LogP contribution < -0.4 is 5.32 Å². The number of aryl methyl sites for hydroxylation is 1. The molecule has 0 bridgehead atoms. The fourth-order valence-corrected chi connectivity index (χ4v) is 3.00. The lowest BCUT2D eigenvalue weighted by Gasteiger charge is -2.31. The summed E-state index contributed by atoms with van der Waals surface area (Å²) in [6.45, 7) is 9.53. The van der Waals surface area contributed by atoms with E-state index >= 15 is 0 Å². The summed E-state index contributed by atoms with van der Waals surface area (Å²) >= 11 is 0. The quantitative estimate of drug-likeness (QED) is 0.873. The third-order valence-corrected chi connectivity index (χ3v) is 4.33. The number of hydrogen-bond acceptors (Lipinski definition) is 3. The molecule has 1 unspecified atom stereocenters. The number of hydrogen-bond donors (Lipinski definition) is 1. The number of carbonyl (C=O) groups is 1. The summed E-state index contributed by atoms with van der Waals surface area (Å²) in [5, 5.41) is 3.10. The number of nitrogens with one attached hydrogen (secondary N) is 1. The second-order valence-corrected chi connectivity index (χ2v) is 6.30. The standard InChI is InChI=1S/C17H27N3O/c1-13(2)16(20-9-4-5-10-20)12-19-17(21)11-15-14(3)7-6-8-18-15/h6-8,13,16H,4-5,9-12H2,1-3H3,(H,19,21). The zero-order valence-corrected chi connectivity index (χ0v) is 13.4. The zero-order valence-electron chi connectivity index (χ0n) is 13.4. The lowest BCUT2D eigenvalue weighted by atomic mass is 10.0. The Morgan fingerprint density at radius 2 is 2.10 bits per heavy atom. The minimum atomic E-state index is 0.0710. The Morgan fingerprint density at radius 1 is 1.38 bits per heavy atom. The minimum Gasteiger partial charge on any atom is -0.354 e. The number of likely N-dealkylation sites (tertiary alicyclic amines) is 1. The second kappa shape index (κ2) is 7.55. The SMILES string of the molecule is Cc1cccnc1CC(=O)NCC(C(C)C)N1CCCC1. The van der Waals surface area contributed by atoms with Gasteiger partial charge in [-0.3, -0.25) is 14.7 Å². The molecule has 1 atom stereocenters. The number of pyridine rings is 1. The van der Waals surface area contributed by atoms with Crippen LogP contribution in [0.15, 0.2) is 18.3 Å². The largest absolute Gasteiger partial charge is 0.354 e. The summed E-state index contributed by atoms with van der Waals surface area (Å²) in [7, 11) is 0. The van der Waals surface area contributed by atoms with Gasteiger partial charge in [-0.15, -0.1) is 0 Å². The van der Waals surface area contributed by atoms with Crippen LogP contribution in [0.2, 0.25) is 0 Å². The highest BCUT2D eigenvalue weighted by Gasteiger charge is 2.24. The molecule has 21 heavy (non-hydrogen) atoms. The number of aromatic nitrogens is 1. The highest BCUT2D eigenvalue weighted by Crippen LogP contribution is 2.17. The molecule has 0 aliphatic carbocycles. The van der Waals surface area contributed by atoms with E-state index in [1.165, 1.54) is 12.8 Å². The van der Waals surface area contributed by atoms with Gasteiger partial charge in [0.15, 0.2) is 0 Å². The van der Waals surface area contributed by atoms with Crippen LogP contribution in [0.5, 0.6) is 0 Å². The van der Waals surface area contributed by atoms with Gasteiger partial charge < -0.3 is 5.32 Å². The molecule has 1 aromatic rings. The van der Waals surface area contributed by atoms with Crippen LogP contribution in [0.3, 0.4) is 0 Å². The van der Waals surface area contributed by atoms with Crippen molar-refractivity contribution in [2.24, 2.45) is 5.92 Å². The van der Waals surface area contributed by atoms with Gasteiger partial charge in [-0.25, -0.2) is 0 Å². The molecule has 0 aromatic carbocycles. The molecule has 1 fully saturated rings. The lowest BCUT2D eigenvalue weighted by molar-refractivity contribution is -0.120. The average Bonchev–Trinajstić information content (AvgIpc) is 2.95. The first kappa shape index (κ1) is 16.0. The maximum absolute atomic E-state index is 12.1. The molecule has 1 N–H and O–H groups in total. The average molecular weight is 289 g/mol. The molecule has 116 valence electrons. The molecule has 0 radical (unpaired) electrons. The van der Waals surface area contributed by atoms with Gasteiger partial charge in [0.2, 0.25) is 5.91 Å². The molecule has 1 amide bonds. The fraction of sp³-hybridized carbons (Fsp3) is 0.647. The molecule has 0 saturated carbocycles. The van der Waals surface area contributed by atoms with Crippen molar-refractivity contribution in [2.45, 2.75) is 46.1 Å². The predicted octanol–water partition coefficient (Wildman–Crippen LogP) is 2.17. The van der Waals surface area contributed by atoms with Gasteiger partial charge in [0.1, 0.15) is 0 Å². The monoisotopic (exact) mass is 289 g/mol. The van der Waals surface area contributed by atoms with Crippen LogP contribution in [0.1, 0.15) is 37.9 Å². The van der Waals surface area contributed by atoms with Crippen molar-refractivity contribution in [3.05, 3.63) is 29.6 Å². The van der Waals surface area contributed by atoms with Gasteiger partial charge in [-0.1, -0.05) is 19.9 Å². The number of rotatable bonds is 6. The molecular formula is C17H27N3O. The van der Waals surface area contributed by atoms with Crippen LogP contribution in [0.4, 0.5) is 0 Å². The van der Waals surface area contributed by atoms with E-state index in [-0.39, 0.29) is 5.91 Å². The van der Waals surface area contributed by atoms with E-state index in [4.69, 9.17) is 0 Å². The Labute approximate surface area is 127 Å². The van der Waals surface area contributed by atoms with Crippen LogP contribution >= 0.6 is 0 Å². The van der Waals surface area contributed by atoms with Crippen LogP contribution in [0.25, 0.3) is 0 Å². The summed E-state index contributed by atoms with van der Waals surface area (Å²) in [4.78, 5) is 18.9. The molecule has 4 heteroatoms. The molecule has 2 heterocycles. The van der Waals surface area contributed by atoms with Gasteiger partial charge >= 0.3 is 0 Å². The molecule has 1 aromatic heterocycles. The Hall–Kier alpha value is -1.42. The maximum atomic E-state index is 12.1. The third kappa shape index (κ3) is 4.53. The first-order valence-electron chi connectivity index (χ1n) is 7.99. The van der Waals surface area contributed by atoms with Crippen molar-refractivity contribution < 1.29 is 4.79 Å². The summed E-state index contributed by atoms with van der Waals surface area (Å²) in [6.07, 6.45) is 4.68. The Kier molecular flexibility index (Phi) is 5.74. The topological polar surface area (TPSA) is 45.2 Å². The Bertz CT molecular complexity index is 467. The Balaban J connectivity index is 1.85. The van der Waals surface area contributed by atoms with Crippen LogP contribution in [-0.4, -0.2) is 41.5 Å². The predicted molar refractivity (Wildman–Crippen MR) is 85.1 cm³/mol. The first-order chi connectivity index (χ1) is 10.1. The van der Waals surface area contributed by atoms with E-state index < -0.39 is 0 Å². The highest BCUT2D eigenvalue weighted by atomic mass is 16.1. The third-order valence-electron chi connectivity index (χ3n) is 4.33. The van der Waals surface area contributed by atoms with Crippen molar-refractivity contribution >= 4 is 5.91 Å². The minimum absolute atomic E-state index is 0.0710. The maximum Gasteiger partial charge on any atom is 0.226 e. The molecule has 1 aliphatic rings. The van der Waals surface area contributed by atoms with Crippen molar-refractivity contribution in [1.82, 2.24) is 15.2 Å². The highest BCUT2D eigenvalue weighted by molar-refractivity contribution is 5.78. The fourth-order valence-electron chi connectivity index (χ4n) is 3.00. The smallest absolute Gasteiger partial charge is 0.226 e. The van der Waals surface area contributed by atoms with Gasteiger partial charge in [0.05, 0.1) is 12.1 Å². The summed E-state index contributed by atoms with van der Waals surface area (Å²) in [6, 6.07) is 4.34. The molecule has 1 saturated heterocycles. The summed E-state index contributed by atoms with van der Waals surface area (Å²) in [5.41, 5.74) is 1.95. The number of carbonyl (C=O) groups excluding carboxylic acids is 1. The first-order valence-corrected chi connectivity index (χ1v) is 7.99. The van der Waals surface area contributed by atoms with E-state index in [1.54, 1.807) is 6.20 Å². The molecular weight excluding hydrogens is 262 g/mol. The van der Waals surface area contributed by atoms with E-state index in [2.05, 4.69) is 29.0 Å². The van der Waals surface area contributed by atoms with Crippen molar-refractivity contribution in [3.63, 3.8) is 0 Å². The molecule has 4 nitrogen and oxygen atoms in total. The van der Waals surface area contributed by atoms with Gasteiger partial charge in [-0.2, -0.15) is 0 Å². The van der Waals surface area contributed by atoms with Crippen LogP contribution in [0, 0.1) is 12.8 Å². The molecule has 0 spiro atoms. The second-order valence-electron chi connectivity index (χ2n) is 6.30. The summed E-state index contributed by atoms with van der Waals surface area (Å²) < 4.78 is 0. The van der Waals surface area contributed by atoms with Crippen molar-refractivity contribution in [3.8, 4) is 0 Å². The zero-order chi connectivity index (χ0) is 15.2. The van der Waals surface area contributed by atoms with E-state index in [1.807, 2.05) is 19.1 Å². The normalized spacial score (nSPS) is 17.1. The van der Waals surface area contributed by atoms with Gasteiger partial charge in [-0.05, 0) is 50.4 Å². The summed E-state index contributed by atoms with van der Waals surface area (Å²) in [5.74, 6) is 0.627. The lowest BCUT2D eigenvalue weighted by Crippen LogP contribution is -2.46. The Morgan fingerprint density at radius 3 is 2.71 bits per heavy atom. The molecule has 2 rings (SSSR count). The van der Waals surface area contributed by atoms with Gasteiger partial charge in [0, 0.05) is 18.8 Å². The number of nitrogens with zero attached hydrogens (tertiary/aromatic N) is 2. The van der Waals surface area contributed by atoms with Gasteiger partial charge in [0.25, 0.3) is 0 Å². The molecule has 1 aliphatic heterocycles. The van der Waals surface area contributed by atoms with Crippen molar-refractivity contribution in [2.75, 3.05) is 19.6 Å². The van der Waals surface area contributed by atoms with E-state index in [9.17, 15) is 4.79 Å². The van der Waals surface area contributed by atoms with Crippen molar-refractivity contribution in [1.29, 1.82) is 0 Å².